The highest BCUT2D eigenvalue weighted by molar-refractivity contribution is 5.96. The summed E-state index contributed by atoms with van der Waals surface area (Å²) in [5, 5.41) is 2.82. The van der Waals surface area contributed by atoms with Gasteiger partial charge < -0.3 is 14.6 Å². The molecule has 0 fully saturated rings. The van der Waals surface area contributed by atoms with Gasteiger partial charge in [-0.25, -0.2) is 0 Å². The van der Waals surface area contributed by atoms with Crippen LogP contribution in [0.5, 0.6) is 5.75 Å². The predicted molar refractivity (Wildman–Crippen MR) is 78.6 cm³/mol. The Morgan fingerprint density at radius 1 is 1.33 bits per heavy atom. The van der Waals surface area contributed by atoms with E-state index in [-0.39, 0.29) is 18.3 Å². The molecule has 1 N–H and O–H groups in total. The van der Waals surface area contributed by atoms with Crippen LogP contribution < -0.4 is 10.1 Å². The van der Waals surface area contributed by atoms with Gasteiger partial charge in [0, 0.05) is 25.4 Å². The molecule has 2 heterocycles. The molecule has 1 aliphatic rings. The summed E-state index contributed by atoms with van der Waals surface area (Å²) in [6.45, 7) is 0.00298. The maximum atomic E-state index is 12.0. The second-order valence-electron chi connectivity index (χ2n) is 5.08. The van der Waals surface area contributed by atoms with Crippen LogP contribution in [0.1, 0.15) is 22.5 Å². The fourth-order valence-corrected chi connectivity index (χ4v) is 2.42. The molecule has 3 rings (SSSR count). The second-order valence-corrected chi connectivity index (χ2v) is 5.08. The lowest BCUT2D eigenvalue weighted by atomic mass is 10.0. The van der Waals surface area contributed by atoms with Gasteiger partial charge in [0.25, 0.3) is 0 Å². The van der Waals surface area contributed by atoms with Crippen LogP contribution in [0.15, 0.2) is 36.5 Å². The largest absolute Gasteiger partial charge is 0.485 e. The number of amides is 1. The van der Waals surface area contributed by atoms with Crippen LogP contribution >= 0.6 is 0 Å². The van der Waals surface area contributed by atoms with Crippen molar-refractivity contribution in [1.82, 2.24) is 4.57 Å². The third kappa shape index (κ3) is 2.81. The summed E-state index contributed by atoms with van der Waals surface area (Å²) in [4.78, 5) is 23.3. The lowest BCUT2D eigenvalue weighted by Crippen LogP contribution is -2.19. The average Bonchev–Trinajstić information content (AvgIpc) is 2.91. The molecule has 2 aromatic rings. The Labute approximate surface area is 122 Å². The molecule has 21 heavy (non-hydrogen) atoms. The standard InChI is InChI=1S/C16H16N2O3/c1-18-8-2-3-14(18)15(19)10-21-12-5-6-13-11(9-12)4-7-16(20)17-13/h2-3,5-6,8-9H,4,7,10H2,1H3,(H,17,20). The number of aromatic nitrogens is 1. The first-order valence-corrected chi connectivity index (χ1v) is 6.83. The number of aryl methyl sites for hydroxylation is 2. The molecular formula is C16H16N2O3. The van der Waals surface area contributed by atoms with Crippen molar-refractivity contribution in [3.05, 3.63) is 47.8 Å². The van der Waals surface area contributed by atoms with Crippen molar-refractivity contribution in [3.8, 4) is 5.75 Å². The molecule has 108 valence electrons. The molecule has 0 radical (unpaired) electrons. The van der Waals surface area contributed by atoms with Gasteiger partial charge in [-0.05, 0) is 42.3 Å². The number of ketones is 1. The highest BCUT2D eigenvalue weighted by atomic mass is 16.5. The third-order valence-corrected chi connectivity index (χ3v) is 3.57. The van der Waals surface area contributed by atoms with Gasteiger partial charge in [0.05, 0.1) is 5.69 Å². The maximum Gasteiger partial charge on any atom is 0.224 e. The van der Waals surface area contributed by atoms with E-state index in [0.717, 1.165) is 11.3 Å². The number of rotatable bonds is 4. The van der Waals surface area contributed by atoms with Crippen molar-refractivity contribution in [2.24, 2.45) is 7.05 Å². The summed E-state index contributed by atoms with van der Waals surface area (Å²) in [6, 6.07) is 9.06. The number of nitrogens with one attached hydrogen (secondary N) is 1. The lowest BCUT2D eigenvalue weighted by Gasteiger charge is -2.17. The highest BCUT2D eigenvalue weighted by Crippen LogP contribution is 2.26. The molecule has 0 bridgehead atoms. The molecule has 0 spiro atoms. The van der Waals surface area contributed by atoms with Gasteiger partial charge >= 0.3 is 0 Å². The van der Waals surface area contributed by atoms with Gasteiger partial charge in [-0.1, -0.05) is 0 Å². The van der Waals surface area contributed by atoms with E-state index in [0.29, 0.717) is 24.3 Å². The Kier molecular flexibility index (Phi) is 3.48. The third-order valence-electron chi connectivity index (χ3n) is 3.57. The minimum absolute atomic E-state index is 0.00298. The van der Waals surface area contributed by atoms with E-state index >= 15 is 0 Å². The van der Waals surface area contributed by atoms with Gasteiger partial charge in [-0.2, -0.15) is 0 Å². The molecule has 0 unspecified atom stereocenters. The number of ether oxygens (including phenoxy) is 1. The molecule has 5 heteroatoms. The Morgan fingerprint density at radius 2 is 2.19 bits per heavy atom. The monoisotopic (exact) mass is 284 g/mol. The minimum Gasteiger partial charge on any atom is -0.485 e. The van der Waals surface area contributed by atoms with Gasteiger partial charge in [-0.15, -0.1) is 0 Å². The predicted octanol–water partition coefficient (Wildman–Crippen LogP) is 2.17. The number of anilines is 1. The molecular weight excluding hydrogens is 268 g/mol. The Hall–Kier alpha value is -2.56. The molecule has 0 aliphatic carbocycles. The second kappa shape index (κ2) is 5.44. The molecule has 0 atom stereocenters. The summed E-state index contributed by atoms with van der Waals surface area (Å²) < 4.78 is 7.34. The summed E-state index contributed by atoms with van der Waals surface area (Å²) in [6.07, 6.45) is 3.01. The Bertz CT molecular complexity index is 703. The Balaban J connectivity index is 1.67. The van der Waals surface area contributed by atoms with Crippen LogP contribution in [0.25, 0.3) is 0 Å². The molecule has 0 saturated carbocycles. The maximum absolute atomic E-state index is 12.0. The highest BCUT2D eigenvalue weighted by Gasteiger charge is 2.16. The molecule has 1 aromatic heterocycles. The Morgan fingerprint density at radius 3 is 2.95 bits per heavy atom. The molecule has 1 aromatic carbocycles. The number of fused-ring (bicyclic) bond motifs is 1. The smallest absolute Gasteiger partial charge is 0.224 e. The van der Waals surface area contributed by atoms with Gasteiger partial charge in [0.15, 0.2) is 6.61 Å². The first kappa shape index (κ1) is 13.4. The topological polar surface area (TPSA) is 60.3 Å². The van der Waals surface area contributed by atoms with Gasteiger partial charge in [0.1, 0.15) is 5.75 Å². The van der Waals surface area contributed by atoms with Crippen LogP contribution in [0.3, 0.4) is 0 Å². The first-order valence-electron chi connectivity index (χ1n) is 6.83. The normalized spacial score (nSPS) is 13.5. The quantitative estimate of drug-likeness (QED) is 0.875. The molecule has 5 nitrogen and oxygen atoms in total. The van der Waals surface area contributed by atoms with Crippen LogP contribution in [0.2, 0.25) is 0 Å². The van der Waals surface area contributed by atoms with Crippen LogP contribution in [-0.2, 0) is 18.3 Å². The SMILES string of the molecule is Cn1cccc1C(=O)COc1ccc2c(c1)CCC(=O)N2. The van der Waals surface area contributed by atoms with Crippen LogP contribution in [-0.4, -0.2) is 22.9 Å². The lowest BCUT2D eigenvalue weighted by molar-refractivity contribution is -0.116. The number of Topliss-reactive ketones (excluding diaryl/α,β-unsaturated/α-hetero) is 1. The van der Waals surface area contributed by atoms with E-state index < -0.39 is 0 Å². The summed E-state index contributed by atoms with van der Waals surface area (Å²) in [5.41, 5.74) is 2.49. The number of benzene rings is 1. The average molecular weight is 284 g/mol. The number of hydrogen-bond donors (Lipinski definition) is 1. The fraction of sp³-hybridized carbons (Fsp3) is 0.250. The van der Waals surface area contributed by atoms with E-state index in [1.165, 1.54) is 0 Å². The van der Waals surface area contributed by atoms with Crippen molar-refractivity contribution in [2.75, 3.05) is 11.9 Å². The first-order chi connectivity index (χ1) is 10.1. The van der Waals surface area contributed by atoms with Crippen molar-refractivity contribution < 1.29 is 14.3 Å². The van der Waals surface area contributed by atoms with Crippen molar-refractivity contribution in [2.45, 2.75) is 12.8 Å². The van der Waals surface area contributed by atoms with E-state index in [2.05, 4.69) is 5.32 Å². The zero-order valence-corrected chi connectivity index (χ0v) is 11.8. The van der Waals surface area contributed by atoms with Crippen molar-refractivity contribution >= 4 is 17.4 Å². The van der Waals surface area contributed by atoms with E-state index in [9.17, 15) is 9.59 Å². The number of carbonyl (C=O) groups excluding carboxylic acids is 2. The molecule has 0 saturated heterocycles. The molecule has 1 aliphatic heterocycles. The van der Waals surface area contributed by atoms with Crippen LogP contribution in [0, 0.1) is 0 Å². The summed E-state index contributed by atoms with van der Waals surface area (Å²) >= 11 is 0. The zero-order valence-electron chi connectivity index (χ0n) is 11.8. The van der Waals surface area contributed by atoms with Crippen LogP contribution in [0.4, 0.5) is 5.69 Å². The van der Waals surface area contributed by atoms with Gasteiger partial charge in [-0.3, -0.25) is 9.59 Å². The molecule has 1 amide bonds. The van der Waals surface area contributed by atoms with Crippen molar-refractivity contribution in [1.29, 1.82) is 0 Å². The minimum atomic E-state index is -0.0616. The van der Waals surface area contributed by atoms with Gasteiger partial charge in [0.2, 0.25) is 11.7 Å². The fourth-order valence-electron chi connectivity index (χ4n) is 2.42. The zero-order chi connectivity index (χ0) is 14.8. The number of nitrogens with zero attached hydrogens (tertiary/aromatic N) is 1. The van der Waals surface area contributed by atoms with E-state index in [1.807, 2.05) is 31.4 Å². The number of carbonyl (C=O) groups is 2. The van der Waals surface area contributed by atoms with E-state index in [1.54, 1.807) is 16.7 Å². The number of hydrogen-bond acceptors (Lipinski definition) is 3. The van der Waals surface area contributed by atoms with E-state index in [4.69, 9.17) is 4.74 Å². The summed E-state index contributed by atoms with van der Waals surface area (Å²) in [7, 11) is 1.83. The van der Waals surface area contributed by atoms with Crippen molar-refractivity contribution in [3.63, 3.8) is 0 Å². The summed E-state index contributed by atoms with van der Waals surface area (Å²) in [5.74, 6) is 0.621.